The Morgan fingerprint density at radius 3 is 2.35 bits per heavy atom. The summed E-state index contributed by atoms with van der Waals surface area (Å²) < 4.78 is 2.48. The van der Waals surface area contributed by atoms with E-state index >= 15 is 0 Å². The molecule has 194 valence electrons. The Balaban J connectivity index is 1.12. The highest BCUT2D eigenvalue weighted by Gasteiger charge is 2.42. The first-order valence-electron chi connectivity index (χ1n) is 13.8. The van der Waals surface area contributed by atoms with Crippen LogP contribution in [0.1, 0.15) is 62.5 Å². The molecule has 2 aromatic carbocycles. The number of para-hydroxylation sites is 2. The molecule has 2 unspecified atom stereocenters. The Hall–Kier alpha value is -3.19. The minimum Gasteiger partial charge on any atom is -0.349 e. The molecule has 6 rings (SSSR count). The summed E-state index contributed by atoms with van der Waals surface area (Å²) >= 11 is 0. The SMILES string of the molecule is CC(=O)N1CC(C(=O)N[C@@H](CCN2C3CCC2CC(n2c(C)nc4ccccc42)C3)c2ccccc2)C1. The lowest BCUT2D eigenvalue weighted by molar-refractivity contribution is -0.141. The van der Waals surface area contributed by atoms with Crippen molar-refractivity contribution in [3.8, 4) is 0 Å². The number of nitrogens with zero attached hydrogens (tertiary/aromatic N) is 4. The van der Waals surface area contributed by atoms with E-state index in [1.54, 1.807) is 11.8 Å². The molecule has 3 aliphatic heterocycles. The van der Waals surface area contributed by atoms with E-state index in [1.165, 1.54) is 18.4 Å². The molecule has 3 atom stereocenters. The van der Waals surface area contributed by atoms with Gasteiger partial charge in [0.1, 0.15) is 5.82 Å². The lowest BCUT2D eigenvalue weighted by Crippen LogP contribution is -2.55. The number of hydrogen-bond donors (Lipinski definition) is 1. The second kappa shape index (κ2) is 9.93. The van der Waals surface area contributed by atoms with Crippen molar-refractivity contribution in [2.24, 2.45) is 5.92 Å². The Labute approximate surface area is 218 Å². The van der Waals surface area contributed by atoms with E-state index in [2.05, 4.69) is 58.1 Å². The van der Waals surface area contributed by atoms with Gasteiger partial charge in [-0.25, -0.2) is 4.98 Å². The van der Waals surface area contributed by atoms with Crippen molar-refractivity contribution in [1.29, 1.82) is 0 Å². The fourth-order valence-electron chi connectivity index (χ4n) is 6.92. The quantitative estimate of drug-likeness (QED) is 0.528. The molecule has 4 heterocycles. The molecule has 7 nitrogen and oxygen atoms in total. The van der Waals surface area contributed by atoms with Gasteiger partial charge in [0.05, 0.1) is 23.0 Å². The molecule has 37 heavy (non-hydrogen) atoms. The average molecular weight is 500 g/mol. The van der Waals surface area contributed by atoms with Crippen molar-refractivity contribution >= 4 is 22.8 Å². The van der Waals surface area contributed by atoms with Gasteiger partial charge in [0.2, 0.25) is 11.8 Å². The fourth-order valence-corrected chi connectivity index (χ4v) is 6.92. The van der Waals surface area contributed by atoms with Gasteiger partial charge in [0.25, 0.3) is 0 Å². The van der Waals surface area contributed by atoms with Gasteiger partial charge in [-0.3, -0.25) is 14.5 Å². The van der Waals surface area contributed by atoms with Crippen LogP contribution in [0, 0.1) is 12.8 Å². The van der Waals surface area contributed by atoms with Crippen molar-refractivity contribution in [3.63, 3.8) is 0 Å². The minimum atomic E-state index is -0.102. The van der Waals surface area contributed by atoms with E-state index in [9.17, 15) is 9.59 Å². The zero-order chi connectivity index (χ0) is 25.5. The van der Waals surface area contributed by atoms with Crippen LogP contribution in [0.15, 0.2) is 54.6 Å². The van der Waals surface area contributed by atoms with Crippen LogP contribution in [0.5, 0.6) is 0 Å². The number of rotatable bonds is 7. The number of imidazole rings is 1. The number of aromatic nitrogens is 2. The van der Waals surface area contributed by atoms with Gasteiger partial charge in [-0.05, 0) is 56.7 Å². The van der Waals surface area contributed by atoms with Crippen LogP contribution in [-0.4, -0.2) is 62.9 Å². The molecule has 0 spiro atoms. The maximum absolute atomic E-state index is 13.0. The van der Waals surface area contributed by atoms with E-state index < -0.39 is 0 Å². The van der Waals surface area contributed by atoms with Crippen LogP contribution in [0.3, 0.4) is 0 Å². The lowest BCUT2D eigenvalue weighted by atomic mass is 9.94. The number of aryl methyl sites for hydroxylation is 1. The molecule has 2 amide bonds. The number of nitrogens with one attached hydrogen (secondary N) is 1. The summed E-state index contributed by atoms with van der Waals surface area (Å²) in [6.45, 7) is 5.75. The third kappa shape index (κ3) is 4.65. The number of likely N-dealkylation sites (tertiary alicyclic amines) is 1. The standard InChI is InChI=1S/C30H37N5O2/c1-20-31-28-10-6-7-11-29(28)35(20)26-16-24-12-13-25(17-26)34(24)15-14-27(22-8-4-3-5-9-22)32-30(37)23-18-33(19-23)21(2)36/h3-11,23-27H,12-19H2,1-2H3,(H,32,37)/t24?,25?,26?,27-/m0/s1. The van der Waals surface area contributed by atoms with Gasteiger partial charge in [-0.2, -0.15) is 0 Å². The highest BCUT2D eigenvalue weighted by Crippen LogP contribution is 2.42. The monoisotopic (exact) mass is 499 g/mol. The number of benzene rings is 2. The summed E-state index contributed by atoms with van der Waals surface area (Å²) in [6, 6.07) is 20.5. The maximum Gasteiger partial charge on any atom is 0.227 e. The summed E-state index contributed by atoms with van der Waals surface area (Å²) in [5.41, 5.74) is 3.50. The summed E-state index contributed by atoms with van der Waals surface area (Å²) in [4.78, 5) is 33.8. The minimum absolute atomic E-state index is 0.0166. The Morgan fingerprint density at radius 2 is 1.65 bits per heavy atom. The van der Waals surface area contributed by atoms with Crippen molar-refractivity contribution in [2.45, 2.75) is 70.1 Å². The van der Waals surface area contributed by atoms with Crippen LogP contribution in [0.4, 0.5) is 0 Å². The predicted octanol–water partition coefficient (Wildman–Crippen LogP) is 4.24. The molecule has 0 radical (unpaired) electrons. The van der Waals surface area contributed by atoms with Crippen molar-refractivity contribution in [1.82, 2.24) is 24.7 Å². The number of carbonyl (C=O) groups excluding carboxylic acids is 2. The van der Waals surface area contributed by atoms with Crippen molar-refractivity contribution in [3.05, 3.63) is 66.0 Å². The van der Waals surface area contributed by atoms with E-state index in [1.807, 2.05) is 18.2 Å². The number of amides is 2. The zero-order valence-electron chi connectivity index (χ0n) is 21.8. The van der Waals surface area contributed by atoms with Gasteiger partial charge >= 0.3 is 0 Å². The topological polar surface area (TPSA) is 70.5 Å². The molecule has 0 aliphatic carbocycles. The molecule has 2 bridgehead atoms. The third-order valence-corrected chi connectivity index (χ3v) is 8.89. The summed E-state index contributed by atoms with van der Waals surface area (Å²) in [6.07, 6.45) is 5.70. The number of carbonyl (C=O) groups is 2. The lowest BCUT2D eigenvalue weighted by Gasteiger charge is -2.41. The molecule has 0 saturated carbocycles. The van der Waals surface area contributed by atoms with Gasteiger partial charge in [-0.15, -0.1) is 0 Å². The van der Waals surface area contributed by atoms with Gasteiger partial charge in [0.15, 0.2) is 0 Å². The van der Waals surface area contributed by atoms with Crippen LogP contribution in [0.2, 0.25) is 0 Å². The molecule has 3 aromatic rings. The summed E-state index contributed by atoms with van der Waals surface area (Å²) in [5.74, 6) is 1.12. The van der Waals surface area contributed by atoms with E-state index in [-0.39, 0.29) is 23.8 Å². The van der Waals surface area contributed by atoms with Crippen LogP contribution in [-0.2, 0) is 9.59 Å². The molecule has 3 aliphatic rings. The Bertz CT molecular complexity index is 1270. The molecule has 3 fully saturated rings. The second-order valence-corrected chi connectivity index (χ2v) is 11.1. The first-order valence-corrected chi connectivity index (χ1v) is 13.8. The molecular weight excluding hydrogens is 462 g/mol. The zero-order valence-corrected chi connectivity index (χ0v) is 21.8. The largest absolute Gasteiger partial charge is 0.349 e. The van der Waals surface area contributed by atoms with Crippen molar-refractivity contribution in [2.75, 3.05) is 19.6 Å². The van der Waals surface area contributed by atoms with Gasteiger partial charge < -0.3 is 14.8 Å². The van der Waals surface area contributed by atoms with Crippen LogP contribution < -0.4 is 5.32 Å². The predicted molar refractivity (Wildman–Crippen MR) is 144 cm³/mol. The fraction of sp³-hybridized carbons (Fsp3) is 0.500. The average Bonchev–Trinajstić information content (AvgIpc) is 3.31. The van der Waals surface area contributed by atoms with E-state index in [0.717, 1.165) is 42.7 Å². The number of fused-ring (bicyclic) bond motifs is 3. The normalized spacial score (nSPS) is 24.7. The molecular formula is C30H37N5O2. The van der Waals surface area contributed by atoms with Crippen LogP contribution >= 0.6 is 0 Å². The number of hydrogen-bond acceptors (Lipinski definition) is 4. The van der Waals surface area contributed by atoms with Crippen molar-refractivity contribution < 1.29 is 9.59 Å². The van der Waals surface area contributed by atoms with Crippen LogP contribution in [0.25, 0.3) is 11.0 Å². The summed E-state index contributed by atoms with van der Waals surface area (Å²) in [7, 11) is 0. The number of piperidine rings is 1. The molecule has 1 N–H and O–H groups in total. The Kier molecular flexibility index (Phi) is 6.49. The highest BCUT2D eigenvalue weighted by atomic mass is 16.2. The first kappa shape index (κ1) is 24.2. The molecule has 1 aromatic heterocycles. The van der Waals surface area contributed by atoms with E-state index in [0.29, 0.717) is 31.2 Å². The second-order valence-electron chi connectivity index (χ2n) is 11.1. The third-order valence-electron chi connectivity index (χ3n) is 8.89. The van der Waals surface area contributed by atoms with E-state index in [4.69, 9.17) is 4.98 Å². The molecule has 3 saturated heterocycles. The maximum atomic E-state index is 13.0. The van der Waals surface area contributed by atoms with Gasteiger partial charge in [0, 0.05) is 44.7 Å². The molecule has 7 heteroatoms. The smallest absolute Gasteiger partial charge is 0.227 e. The Morgan fingerprint density at radius 1 is 0.973 bits per heavy atom. The first-order chi connectivity index (χ1) is 18.0. The summed E-state index contributed by atoms with van der Waals surface area (Å²) in [5, 5.41) is 3.33. The van der Waals surface area contributed by atoms with Gasteiger partial charge in [-0.1, -0.05) is 42.5 Å². The highest BCUT2D eigenvalue weighted by molar-refractivity contribution is 5.84.